The number of para-hydroxylation sites is 1. The number of sulfonamides is 1. The lowest BCUT2D eigenvalue weighted by Crippen LogP contribution is -2.16. The first-order valence-electron chi connectivity index (χ1n) is 10.6. The summed E-state index contributed by atoms with van der Waals surface area (Å²) in [7, 11) is -0.434. The molecule has 0 spiro atoms. The number of anilines is 2. The fourth-order valence-corrected chi connectivity index (χ4v) is 5.08. The van der Waals surface area contributed by atoms with E-state index in [0.717, 1.165) is 5.39 Å². The van der Waals surface area contributed by atoms with E-state index in [1.54, 1.807) is 68.5 Å². The van der Waals surface area contributed by atoms with Gasteiger partial charge in [-0.05, 0) is 36.8 Å². The molecule has 0 aliphatic heterocycles. The molecule has 0 bridgehead atoms. The number of benzene rings is 2. The average molecular weight is 487 g/mol. The molecule has 9 heteroatoms. The molecule has 0 unspecified atom stereocenters. The van der Waals surface area contributed by atoms with Gasteiger partial charge in [0.05, 0.1) is 22.5 Å². The number of carboxylic acids is 1. The van der Waals surface area contributed by atoms with Crippen molar-refractivity contribution in [2.24, 2.45) is 0 Å². The van der Waals surface area contributed by atoms with E-state index in [1.807, 2.05) is 12.1 Å². The van der Waals surface area contributed by atoms with Crippen LogP contribution in [0.2, 0.25) is 0 Å². The van der Waals surface area contributed by atoms with Crippen LogP contribution in [0, 0.1) is 18.8 Å². The minimum atomic E-state index is -3.98. The number of hydrogen-bond donors (Lipinski definition) is 2. The SMILES string of the molecule is Cc1ccc2cccnc2c1S(=O)(=O)Nc1ccccc1C#Cc1cnc(C(=O)O)cc1N(C)C. The largest absolute Gasteiger partial charge is 0.477 e. The van der Waals surface area contributed by atoms with Crippen molar-refractivity contribution in [1.82, 2.24) is 9.97 Å². The van der Waals surface area contributed by atoms with Crippen LogP contribution in [0.4, 0.5) is 11.4 Å². The molecule has 2 N–H and O–H groups in total. The Hall–Kier alpha value is -4.42. The van der Waals surface area contributed by atoms with Crippen molar-refractivity contribution in [3.8, 4) is 11.8 Å². The summed E-state index contributed by atoms with van der Waals surface area (Å²) in [6.07, 6.45) is 2.95. The number of nitrogens with zero attached hydrogens (tertiary/aromatic N) is 3. The van der Waals surface area contributed by atoms with E-state index in [0.29, 0.717) is 33.6 Å². The molecule has 8 nitrogen and oxygen atoms in total. The van der Waals surface area contributed by atoms with Crippen LogP contribution >= 0.6 is 0 Å². The van der Waals surface area contributed by atoms with Crippen LogP contribution < -0.4 is 9.62 Å². The van der Waals surface area contributed by atoms with Gasteiger partial charge in [-0.25, -0.2) is 18.2 Å². The molecule has 0 saturated carbocycles. The number of aromatic carboxylic acids is 1. The van der Waals surface area contributed by atoms with E-state index >= 15 is 0 Å². The van der Waals surface area contributed by atoms with Crippen LogP contribution in [0.5, 0.6) is 0 Å². The van der Waals surface area contributed by atoms with E-state index in [1.165, 1.54) is 12.3 Å². The second kappa shape index (κ2) is 9.44. The third-order valence-corrected chi connectivity index (χ3v) is 6.82. The normalized spacial score (nSPS) is 10.9. The molecule has 2 aromatic heterocycles. The van der Waals surface area contributed by atoms with Crippen LogP contribution in [-0.2, 0) is 10.0 Å². The van der Waals surface area contributed by atoms with Crippen LogP contribution in [0.3, 0.4) is 0 Å². The second-order valence-corrected chi connectivity index (χ2v) is 9.59. The number of fused-ring (bicyclic) bond motifs is 1. The predicted molar refractivity (Wildman–Crippen MR) is 135 cm³/mol. The zero-order valence-electron chi connectivity index (χ0n) is 19.3. The first kappa shape index (κ1) is 23.7. The van der Waals surface area contributed by atoms with Crippen molar-refractivity contribution < 1.29 is 18.3 Å². The van der Waals surface area contributed by atoms with Crippen LogP contribution in [0.25, 0.3) is 10.9 Å². The molecular formula is C26H22N4O4S. The van der Waals surface area contributed by atoms with E-state index in [2.05, 4.69) is 26.5 Å². The van der Waals surface area contributed by atoms with Gasteiger partial charge in [0.25, 0.3) is 10.0 Å². The highest BCUT2D eigenvalue weighted by molar-refractivity contribution is 7.93. The van der Waals surface area contributed by atoms with E-state index in [4.69, 9.17) is 0 Å². The highest BCUT2D eigenvalue weighted by Crippen LogP contribution is 2.28. The van der Waals surface area contributed by atoms with Gasteiger partial charge < -0.3 is 10.0 Å². The third-order valence-electron chi connectivity index (χ3n) is 5.28. The van der Waals surface area contributed by atoms with Gasteiger partial charge in [0.15, 0.2) is 0 Å². The standard InChI is InChI=1S/C26H22N4O4S/c1-17-10-11-19-8-6-14-27-24(19)25(17)35(33,34)29-21-9-5-4-7-18(21)12-13-20-16-28-22(26(31)32)15-23(20)30(2)3/h4-11,14-16,29H,1-3H3,(H,31,32). The summed E-state index contributed by atoms with van der Waals surface area (Å²) >= 11 is 0. The number of aryl methyl sites for hydroxylation is 1. The van der Waals surface area contributed by atoms with Crippen LogP contribution in [0.1, 0.15) is 27.2 Å². The van der Waals surface area contributed by atoms with Crippen molar-refractivity contribution in [2.45, 2.75) is 11.8 Å². The zero-order valence-corrected chi connectivity index (χ0v) is 20.1. The molecule has 35 heavy (non-hydrogen) atoms. The fraction of sp³-hybridized carbons (Fsp3) is 0.115. The van der Waals surface area contributed by atoms with Crippen molar-refractivity contribution in [3.63, 3.8) is 0 Å². The number of aromatic nitrogens is 2. The fourth-order valence-electron chi connectivity index (χ4n) is 3.60. The Morgan fingerprint density at radius 3 is 2.49 bits per heavy atom. The van der Waals surface area contributed by atoms with Crippen LogP contribution in [-0.4, -0.2) is 43.6 Å². The van der Waals surface area contributed by atoms with Crippen LogP contribution in [0.15, 0.2) is 71.9 Å². The highest BCUT2D eigenvalue weighted by Gasteiger charge is 2.22. The molecule has 4 aromatic rings. The number of carbonyl (C=O) groups is 1. The smallest absolute Gasteiger partial charge is 0.354 e. The molecule has 176 valence electrons. The Bertz CT molecular complexity index is 1620. The summed E-state index contributed by atoms with van der Waals surface area (Å²) in [6.45, 7) is 1.73. The van der Waals surface area contributed by atoms with Crippen molar-refractivity contribution in [1.29, 1.82) is 0 Å². The molecule has 2 heterocycles. The van der Waals surface area contributed by atoms with Gasteiger partial charge in [-0.3, -0.25) is 9.71 Å². The lowest BCUT2D eigenvalue weighted by atomic mass is 10.1. The number of nitrogens with one attached hydrogen (secondary N) is 1. The lowest BCUT2D eigenvalue weighted by Gasteiger charge is -2.15. The molecule has 0 atom stereocenters. The Morgan fingerprint density at radius 2 is 1.74 bits per heavy atom. The second-order valence-electron chi connectivity index (χ2n) is 7.97. The van der Waals surface area contributed by atoms with Crippen molar-refractivity contribution in [3.05, 3.63) is 89.4 Å². The molecule has 0 aliphatic carbocycles. The van der Waals surface area contributed by atoms with Gasteiger partial charge in [0.2, 0.25) is 0 Å². The highest BCUT2D eigenvalue weighted by atomic mass is 32.2. The topological polar surface area (TPSA) is 112 Å². The first-order valence-corrected chi connectivity index (χ1v) is 12.0. The molecule has 4 rings (SSSR count). The van der Waals surface area contributed by atoms with Gasteiger partial charge in [0.1, 0.15) is 10.6 Å². The van der Waals surface area contributed by atoms with Gasteiger partial charge in [0, 0.05) is 37.4 Å². The molecule has 0 saturated heterocycles. The Kier molecular flexibility index (Phi) is 6.40. The lowest BCUT2D eigenvalue weighted by molar-refractivity contribution is 0.0690. The molecule has 2 aromatic carbocycles. The van der Waals surface area contributed by atoms with E-state index < -0.39 is 16.0 Å². The minimum Gasteiger partial charge on any atom is -0.477 e. The zero-order chi connectivity index (χ0) is 25.2. The number of pyridine rings is 2. The molecule has 0 fully saturated rings. The number of carboxylic acid groups (broad SMARTS) is 1. The number of hydrogen-bond acceptors (Lipinski definition) is 6. The van der Waals surface area contributed by atoms with Gasteiger partial charge in [-0.1, -0.05) is 42.2 Å². The van der Waals surface area contributed by atoms with Gasteiger partial charge in [-0.2, -0.15) is 0 Å². The first-order chi connectivity index (χ1) is 16.7. The summed E-state index contributed by atoms with van der Waals surface area (Å²) in [4.78, 5) is 21.4. The summed E-state index contributed by atoms with van der Waals surface area (Å²) in [5.41, 5.74) is 2.73. The van der Waals surface area contributed by atoms with E-state index in [9.17, 15) is 18.3 Å². The summed E-state index contributed by atoms with van der Waals surface area (Å²) in [5.74, 6) is 4.85. The Balaban J connectivity index is 1.75. The molecule has 0 radical (unpaired) electrons. The molecule has 0 amide bonds. The monoisotopic (exact) mass is 486 g/mol. The maximum atomic E-state index is 13.4. The minimum absolute atomic E-state index is 0.0912. The Labute approximate surface area is 203 Å². The number of rotatable bonds is 5. The summed E-state index contributed by atoms with van der Waals surface area (Å²) < 4.78 is 29.5. The summed E-state index contributed by atoms with van der Waals surface area (Å²) in [6, 6.07) is 15.4. The average Bonchev–Trinajstić information content (AvgIpc) is 2.82. The van der Waals surface area contributed by atoms with Crippen molar-refractivity contribution >= 4 is 38.3 Å². The van der Waals surface area contributed by atoms with E-state index in [-0.39, 0.29) is 10.6 Å². The molecule has 0 aliphatic rings. The Morgan fingerprint density at radius 1 is 1.00 bits per heavy atom. The molecular weight excluding hydrogens is 464 g/mol. The maximum Gasteiger partial charge on any atom is 0.354 e. The predicted octanol–water partition coefficient (Wildman–Crippen LogP) is 3.90. The van der Waals surface area contributed by atoms with Crippen molar-refractivity contribution in [2.75, 3.05) is 23.7 Å². The third kappa shape index (κ3) is 4.93. The maximum absolute atomic E-state index is 13.4. The van der Waals surface area contributed by atoms with Gasteiger partial charge in [-0.15, -0.1) is 0 Å². The summed E-state index contributed by atoms with van der Waals surface area (Å²) in [5, 5.41) is 9.95. The quantitative estimate of drug-likeness (QED) is 0.411. The van der Waals surface area contributed by atoms with Gasteiger partial charge >= 0.3 is 5.97 Å².